The molecule has 1 aliphatic heterocycles. The van der Waals surface area contributed by atoms with Crippen molar-refractivity contribution in [2.75, 3.05) is 13.7 Å². The number of rotatable bonds is 5. The van der Waals surface area contributed by atoms with Crippen molar-refractivity contribution < 1.29 is 13.7 Å². The lowest BCUT2D eigenvalue weighted by atomic mass is 10.0. The van der Waals surface area contributed by atoms with Gasteiger partial charge in [0.2, 0.25) is 5.89 Å². The number of aromatic nitrogens is 2. The first-order chi connectivity index (χ1) is 11.7. The maximum absolute atomic E-state index is 13.9. The normalized spacial score (nSPS) is 21.8. The summed E-state index contributed by atoms with van der Waals surface area (Å²) in [6.45, 7) is 1.63. The molecule has 24 heavy (non-hydrogen) atoms. The summed E-state index contributed by atoms with van der Waals surface area (Å²) in [6.07, 6.45) is 5.62. The predicted octanol–water partition coefficient (Wildman–Crippen LogP) is 3.82. The van der Waals surface area contributed by atoms with Crippen molar-refractivity contribution in [1.82, 2.24) is 15.0 Å². The second kappa shape index (κ2) is 6.51. The van der Waals surface area contributed by atoms with Gasteiger partial charge in [-0.3, -0.25) is 4.90 Å². The minimum absolute atomic E-state index is 0.129. The molecular formula is C18H22FN3O2. The number of benzene rings is 1. The smallest absolute Gasteiger partial charge is 0.244 e. The zero-order chi connectivity index (χ0) is 16.5. The fourth-order valence-corrected chi connectivity index (χ4v) is 3.39. The van der Waals surface area contributed by atoms with Crippen molar-refractivity contribution in [2.45, 2.75) is 50.6 Å². The van der Waals surface area contributed by atoms with Crippen molar-refractivity contribution in [3.8, 4) is 5.75 Å². The molecule has 1 saturated heterocycles. The van der Waals surface area contributed by atoms with Gasteiger partial charge < -0.3 is 9.26 Å². The van der Waals surface area contributed by atoms with Gasteiger partial charge in [0.1, 0.15) is 0 Å². The van der Waals surface area contributed by atoms with Crippen LogP contribution >= 0.6 is 0 Å². The molecule has 1 atom stereocenters. The van der Waals surface area contributed by atoms with Crippen LogP contribution in [0.15, 0.2) is 22.7 Å². The Morgan fingerprint density at radius 2 is 2.17 bits per heavy atom. The maximum atomic E-state index is 13.9. The highest BCUT2D eigenvalue weighted by Gasteiger charge is 2.33. The van der Waals surface area contributed by atoms with Crippen LogP contribution in [-0.4, -0.2) is 28.7 Å². The van der Waals surface area contributed by atoms with Crippen LogP contribution in [0.4, 0.5) is 4.39 Å². The molecule has 5 nitrogen and oxygen atoms in total. The molecule has 6 heteroatoms. The lowest BCUT2D eigenvalue weighted by Crippen LogP contribution is -2.33. The number of hydrogen-bond acceptors (Lipinski definition) is 5. The van der Waals surface area contributed by atoms with E-state index in [4.69, 9.17) is 9.26 Å². The van der Waals surface area contributed by atoms with Gasteiger partial charge in [-0.25, -0.2) is 4.39 Å². The van der Waals surface area contributed by atoms with Gasteiger partial charge >= 0.3 is 0 Å². The molecule has 0 amide bonds. The topological polar surface area (TPSA) is 51.4 Å². The molecule has 1 aliphatic carbocycles. The number of hydrogen-bond donors (Lipinski definition) is 0. The van der Waals surface area contributed by atoms with E-state index < -0.39 is 0 Å². The molecule has 0 radical (unpaired) electrons. The molecule has 4 rings (SSSR count). The highest BCUT2D eigenvalue weighted by Crippen LogP contribution is 2.39. The quantitative estimate of drug-likeness (QED) is 0.833. The fraction of sp³-hybridized carbons (Fsp3) is 0.556. The molecule has 1 aromatic heterocycles. The molecule has 2 heterocycles. The molecular weight excluding hydrogens is 309 g/mol. The first kappa shape index (κ1) is 15.6. The average molecular weight is 331 g/mol. The highest BCUT2D eigenvalue weighted by molar-refractivity contribution is 5.29. The number of likely N-dealkylation sites (tertiary alicyclic amines) is 1. The standard InChI is InChI=1S/C18H22FN3O2/c1-23-16-8-5-12(10-14(16)19)11-22-9-3-2-4-15(22)18-20-17(21-24-18)13-6-7-13/h5,8,10,13,15H,2-4,6-7,9,11H2,1H3/t15-/m0/s1. The Kier molecular flexibility index (Phi) is 4.22. The summed E-state index contributed by atoms with van der Waals surface area (Å²) >= 11 is 0. The Hall–Kier alpha value is -1.95. The van der Waals surface area contributed by atoms with E-state index in [-0.39, 0.29) is 17.6 Å². The van der Waals surface area contributed by atoms with E-state index in [2.05, 4.69) is 15.0 Å². The van der Waals surface area contributed by atoms with E-state index in [1.54, 1.807) is 12.1 Å². The van der Waals surface area contributed by atoms with Crippen LogP contribution in [0.1, 0.15) is 61.3 Å². The third kappa shape index (κ3) is 3.15. The molecule has 1 saturated carbocycles. The Bertz CT molecular complexity index is 714. The third-order valence-electron chi connectivity index (χ3n) is 4.90. The lowest BCUT2D eigenvalue weighted by molar-refractivity contribution is 0.111. The van der Waals surface area contributed by atoms with Gasteiger partial charge in [0.05, 0.1) is 13.2 Å². The molecule has 0 N–H and O–H groups in total. The minimum Gasteiger partial charge on any atom is -0.494 e. The lowest BCUT2D eigenvalue weighted by Gasteiger charge is -2.33. The average Bonchev–Trinajstić information content (AvgIpc) is 3.33. The van der Waals surface area contributed by atoms with Crippen LogP contribution in [0.3, 0.4) is 0 Å². The van der Waals surface area contributed by atoms with Gasteiger partial charge in [-0.1, -0.05) is 17.6 Å². The number of nitrogens with zero attached hydrogens (tertiary/aromatic N) is 3. The maximum Gasteiger partial charge on any atom is 0.244 e. The fourth-order valence-electron chi connectivity index (χ4n) is 3.39. The van der Waals surface area contributed by atoms with Crippen molar-refractivity contribution in [3.05, 3.63) is 41.3 Å². The number of methoxy groups -OCH3 is 1. The second-order valence-corrected chi connectivity index (χ2v) is 6.72. The van der Waals surface area contributed by atoms with Crippen molar-refractivity contribution in [3.63, 3.8) is 0 Å². The van der Waals surface area contributed by atoms with Crippen LogP contribution in [0.25, 0.3) is 0 Å². The second-order valence-electron chi connectivity index (χ2n) is 6.72. The van der Waals surface area contributed by atoms with Crippen molar-refractivity contribution in [1.29, 1.82) is 0 Å². The Labute approximate surface area is 140 Å². The Morgan fingerprint density at radius 3 is 2.92 bits per heavy atom. The van der Waals surface area contributed by atoms with Gasteiger partial charge in [-0.2, -0.15) is 4.98 Å². The van der Waals surface area contributed by atoms with Gasteiger partial charge in [0, 0.05) is 12.5 Å². The molecule has 0 bridgehead atoms. The zero-order valence-corrected chi connectivity index (χ0v) is 13.9. The van der Waals surface area contributed by atoms with Gasteiger partial charge in [-0.05, 0) is 49.9 Å². The summed E-state index contributed by atoms with van der Waals surface area (Å²) in [5, 5.41) is 4.14. The van der Waals surface area contributed by atoms with Gasteiger partial charge in [0.25, 0.3) is 0 Å². The first-order valence-corrected chi connectivity index (χ1v) is 8.64. The van der Waals surface area contributed by atoms with Gasteiger partial charge in [-0.15, -0.1) is 0 Å². The van der Waals surface area contributed by atoms with E-state index >= 15 is 0 Å². The third-order valence-corrected chi connectivity index (χ3v) is 4.90. The number of ether oxygens (including phenoxy) is 1. The largest absolute Gasteiger partial charge is 0.494 e. The summed E-state index contributed by atoms with van der Waals surface area (Å²) in [5.41, 5.74) is 0.933. The van der Waals surface area contributed by atoms with Crippen LogP contribution in [0.2, 0.25) is 0 Å². The Balaban J connectivity index is 1.51. The summed E-state index contributed by atoms with van der Waals surface area (Å²) in [4.78, 5) is 6.93. The van der Waals surface area contributed by atoms with Crippen molar-refractivity contribution in [2.24, 2.45) is 0 Å². The molecule has 2 fully saturated rings. The molecule has 1 aromatic carbocycles. The van der Waals surface area contributed by atoms with Crippen LogP contribution in [-0.2, 0) is 6.54 Å². The summed E-state index contributed by atoms with van der Waals surface area (Å²) in [7, 11) is 1.48. The van der Waals surface area contributed by atoms with E-state index in [9.17, 15) is 4.39 Å². The van der Waals surface area contributed by atoms with Crippen LogP contribution < -0.4 is 4.74 Å². The molecule has 0 spiro atoms. The van der Waals surface area contributed by atoms with E-state index in [1.807, 2.05) is 6.07 Å². The highest BCUT2D eigenvalue weighted by atomic mass is 19.1. The summed E-state index contributed by atoms with van der Waals surface area (Å²) < 4.78 is 24.5. The predicted molar refractivity (Wildman–Crippen MR) is 86.2 cm³/mol. The Morgan fingerprint density at radius 1 is 1.29 bits per heavy atom. The molecule has 2 aliphatic rings. The molecule has 0 unspecified atom stereocenters. The number of piperidine rings is 1. The zero-order valence-electron chi connectivity index (χ0n) is 13.9. The summed E-state index contributed by atoms with van der Waals surface area (Å²) in [5.74, 6) is 2.02. The van der Waals surface area contributed by atoms with Crippen molar-refractivity contribution >= 4 is 0 Å². The van der Waals surface area contributed by atoms with E-state index in [1.165, 1.54) is 20.0 Å². The monoisotopic (exact) mass is 331 g/mol. The first-order valence-electron chi connectivity index (χ1n) is 8.64. The SMILES string of the molecule is COc1ccc(CN2CCCC[C@H]2c2nc(C3CC3)no2)cc1F. The molecule has 128 valence electrons. The van der Waals surface area contributed by atoms with Gasteiger partial charge in [0.15, 0.2) is 17.4 Å². The van der Waals surface area contributed by atoms with E-state index in [0.717, 1.165) is 37.2 Å². The van der Waals surface area contributed by atoms with Crippen LogP contribution in [0, 0.1) is 5.82 Å². The summed E-state index contributed by atoms with van der Waals surface area (Å²) in [6, 6.07) is 5.27. The minimum atomic E-state index is -0.322. The number of halogens is 1. The van der Waals surface area contributed by atoms with Crippen LogP contribution in [0.5, 0.6) is 5.75 Å². The molecule has 2 aromatic rings. The van der Waals surface area contributed by atoms with E-state index in [0.29, 0.717) is 18.4 Å².